The van der Waals surface area contributed by atoms with E-state index in [1.54, 1.807) is 6.08 Å². The second-order valence-electron chi connectivity index (χ2n) is 5.91. The molecular formula is C18H32O6P2. The van der Waals surface area contributed by atoms with Gasteiger partial charge in [-0.2, -0.15) is 0 Å². The predicted octanol–water partition coefficient (Wildman–Crippen LogP) is 5.46. The van der Waals surface area contributed by atoms with Crippen molar-refractivity contribution in [2.75, 3.05) is 19.4 Å². The van der Waals surface area contributed by atoms with Crippen LogP contribution in [0.1, 0.15) is 45.1 Å². The fourth-order valence-corrected chi connectivity index (χ4v) is 7.07. The third-order valence-corrected chi connectivity index (χ3v) is 8.56. The number of hydrogen-bond donors (Lipinski definition) is 2. The van der Waals surface area contributed by atoms with Gasteiger partial charge in [0.15, 0.2) is 0 Å². The summed E-state index contributed by atoms with van der Waals surface area (Å²) in [6.45, 7) is 8.43. The van der Waals surface area contributed by atoms with Gasteiger partial charge in [0.1, 0.15) is 0 Å². The molecule has 150 valence electrons. The van der Waals surface area contributed by atoms with E-state index < -0.39 is 16.1 Å². The van der Waals surface area contributed by atoms with Crippen molar-refractivity contribution in [1.82, 2.24) is 0 Å². The van der Waals surface area contributed by atoms with Crippen LogP contribution in [0.4, 0.5) is 0 Å². The fraction of sp³-hybridized carbons (Fsp3) is 0.556. The van der Waals surface area contributed by atoms with Crippen LogP contribution in [0, 0.1) is 0 Å². The van der Waals surface area contributed by atoms with Gasteiger partial charge in [-0.15, -0.1) is 0 Å². The van der Waals surface area contributed by atoms with Gasteiger partial charge in [-0.25, -0.2) is 0 Å². The summed E-state index contributed by atoms with van der Waals surface area (Å²) >= 11 is 0. The molecule has 1 aromatic carbocycles. The third-order valence-electron chi connectivity index (χ3n) is 3.71. The first kappa shape index (κ1) is 23.6. The van der Waals surface area contributed by atoms with E-state index in [0.717, 1.165) is 24.8 Å². The number of unbranched alkanes of at least 4 members (excludes halogenated alkanes) is 2. The van der Waals surface area contributed by atoms with Gasteiger partial charge < -0.3 is 0 Å². The Balaban J connectivity index is 3.19. The molecule has 0 spiro atoms. The van der Waals surface area contributed by atoms with E-state index in [1.807, 2.05) is 44.2 Å². The van der Waals surface area contributed by atoms with Crippen LogP contribution < -0.4 is 0 Å². The number of rotatable bonds is 15. The maximum atomic E-state index is 9.67. The van der Waals surface area contributed by atoms with Crippen molar-refractivity contribution in [3.05, 3.63) is 48.6 Å². The van der Waals surface area contributed by atoms with E-state index in [2.05, 4.69) is 6.58 Å². The van der Waals surface area contributed by atoms with E-state index >= 15 is 0 Å². The van der Waals surface area contributed by atoms with Gasteiger partial charge in [-0.05, 0) is 0 Å². The van der Waals surface area contributed by atoms with Gasteiger partial charge in [0.25, 0.3) is 0 Å². The van der Waals surface area contributed by atoms with Crippen LogP contribution in [0.3, 0.4) is 0 Å². The van der Waals surface area contributed by atoms with Crippen molar-refractivity contribution < 1.29 is 27.7 Å². The molecule has 0 amide bonds. The normalized spacial score (nSPS) is 13.5. The molecule has 0 saturated heterocycles. The summed E-state index contributed by atoms with van der Waals surface area (Å²) in [6, 6.07) is 9.59. The molecule has 0 heterocycles. The summed E-state index contributed by atoms with van der Waals surface area (Å²) in [6.07, 6.45) is 5.18. The Bertz CT molecular complexity index is 516. The molecule has 1 aromatic rings. The molecule has 0 aliphatic heterocycles. The Morgan fingerprint density at radius 1 is 1.04 bits per heavy atom. The quantitative estimate of drug-likeness (QED) is 0.229. The van der Waals surface area contributed by atoms with Crippen LogP contribution in [0.15, 0.2) is 43.0 Å². The standard InChI is InChI=1S/C18H32O6P2/c1-4-7-15-22-26(16-8-5-2,21-14-6-3,24-25(19)20)23-17-18-12-10-9-11-13-18/h6,9-13,19-20H,3-5,7-8,14-17H2,1-2H3. The molecule has 8 heteroatoms. The monoisotopic (exact) mass is 406 g/mol. The molecule has 0 saturated carbocycles. The van der Waals surface area contributed by atoms with Crippen molar-refractivity contribution in [3.8, 4) is 0 Å². The van der Waals surface area contributed by atoms with Gasteiger partial charge in [0.2, 0.25) is 0 Å². The predicted molar refractivity (Wildman–Crippen MR) is 107 cm³/mol. The van der Waals surface area contributed by atoms with Crippen LogP contribution in [0.5, 0.6) is 0 Å². The molecule has 0 unspecified atom stereocenters. The van der Waals surface area contributed by atoms with E-state index in [-0.39, 0.29) is 13.2 Å². The molecule has 1 rings (SSSR count). The van der Waals surface area contributed by atoms with Crippen LogP contribution in [0.2, 0.25) is 0 Å². The van der Waals surface area contributed by atoms with Gasteiger partial charge in [0, 0.05) is 0 Å². The van der Waals surface area contributed by atoms with Gasteiger partial charge in [-0.1, -0.05) is 0 Å². The molecule has 0 aromatic heterocycles. The summed E-state index contributed by atoms with van der Waals surface area (Å²) < 4.78 is 23.9. The van der Waals surface area contributed by atoms with E-state index in [1.165, 1.54) is 0 Å². The molecule has 0 aliphatic carbocycles. The van der Waals surface area contributed by atoms with Crippen molar-refractivity contribution in [3.63, 3.8) is 0 Å². The van der Waals surface area contributed by atoms with Crippen molar-refractivity contribution in [1.29, 1.82) is 0 Å². The second-order valence-corrected chi connectivity index (χ2v) is 10.2. The van der Waals surface area contributed by atoms with Crippen LogP contribution >= 0.6 is 16.1 Å². The molecule has 0 fully saturated rings. The Hall–Kier alpha value is -0.420. The summed E-state index contributed by atoms with van der Waals surface area (Å²) in [5.74, 6) is 0. The van der Waals surface area contributed by atoms with Crippen LogP contribution in [0.25, 0.3) is 0 Å². The SMILES string of the molecule is C=CCOP(CCCC)(OCCCC)(OCc1ccccc1)OP(O)O. The van der Waals surface area contributed by atoms with Crippen LogP contribution in [-0.4, -0.2) is 29.2 Å². The Labute approximate surface area is 158 Å². The van der Waals surface area contributed by atoms with E-state index in [9.17, 15) is 9.79 Å². The first-order valence-corrected chi connectivity index (χ1v) is 12.2. The molecule has 0 radical (unpaired) electrons. The molecule has 0 aliphatic rings. The van der Waals surface area contributed by atoms with Crippen molar-refractivity contribution in [2.24, 2.45) is 0 Å². The van der Waals surface area contributed by atoms with Crippen molar-refractivity contribution in [2.45, 2.75) is 46.1 Å². The topological polar surface area (TPSA) is 77.4 Å². The molecule has 6 nitrogen and oxygen atoms in total. The zero-order valence-electron chi connectivity index (χ0n) is 15.7. The third kappa shape index (κ3) is 7.67. The Morgan fingerprint density at radius 2 is 1.73 bits per heavy atom. The minimum absolute atomic E-state index is 0.131. The van der Waals surface area contributed by atoms with Gasteiger partial charge in [-0.3, -0.25) is 0 Å². The first-order valence-electron chi connectivity index (χ1n) is 8.99. The fourth-order valence-electron chi connectivity index (χ4n) is 2.33. The van der Waals surface area contributed by atoms with E-state index in [4.69, 9.17) is 17.9 Å². The Morgan fingerprint density at radius 3 is 2.31 bits per heavy atom. The molecule has 0 atom stereocenters. The number of benzene rings is 1. The number of hydrogen-bond acceptors (Lipinski definition) is 6. The summed E-state index contributed by atoms with van der Waals surface area (Å²) in [4.78, 5) is 19.3. The molecule has 26 heavy (non-hydrogen) atoms. The zero-order chi connectivity index (χ0) is 19.3. The molecule has 2 N–H and O–H groups in total. The summed E-state index contributed by atoms with van der Waals surface area (Å²) in [5, 5.41) is 0. The van der Waals surface area contributed by atoms with Crippen LogP contribution in [-0.2, 0) is 24.5 Å². The summed E-state index contributed by atoms with van der Waals surface area (Å²) in [7, 11) is -6.93. The van der Waals surface area contributed by atoms with Crippen molar-refractivity contribution >= 4 is 16.1 Å². The van der Waals surface area contributed by atoms with Gasteiger partial charge >= 0.3 is 158 Å². The zero-order valence-corrected chi connectivity index (χ0v) is 17.5. The van der Waals surface area contributed by atoms with Gasteiger partial charge in [0.05, 0.1) is 0 Å². The Kier molecular flexibility index (Phi) is 11.0. The minimum atomic E-state index is -4.21. The maximum absolute atomic E-state index is 9.67. The molecule has 0 bridgehead atoms. The van der Waals surface area contributed by atoms with E-state index in [0.29, 0.717) is 19.2 Å². The average Bonchev–Trinajstić information content (AvgIpc) is 2.64. The second kappa shape index (κ2) is 12.1. The summed E-state index contributed by atoms with van der Waals surface area (Å²) in [5.41, 5.74) is 0.920. The average molecular weight is 406 g/mol. The molecular weight excluding hydrogens is 374 g/mol. The first-order chi connectivity index (χ1) is 12.5.